The van der Waals surface area contributed by atoms with Gasteiger partial charge in [0.2, 0.25) is 5.91 Å². The van der Waals surface area contributed by atoms with Crippen molar-refractivity contribution >= 4 is 40.3 Å². The molecule has 0 unspecified atom stereocenters. The lowest BCUT2D eigenvalue weighted by Gasteiger charge is -2.47. The minimum atomic E-state index is -1.86. The number of oxime groups is 1. The Bertz CT molecular complexity index is 1830. The highest BCUT2D eigenvalue weighted by molar-refractivity contribution is 6.00. The molecule has 0 radical (unpaired) electrons. The molecule has 5 heterocycles. The molecule has 2 bridgehead atoms. The summed E-state index contributed by atoms with van der Waals surface area (Å²) in [6, 6.07) is 3.12. The second kappa shape index (κ2) is 18.7. The fourth-order valence-corrected chi connectivity index (χ4v) is 8.67. The molecule has 0 aliphatic carbocycles. The second-order valence-corrected chi connectivity index (χ2v) is 16.8. The molecule has 2 N–H and O–H groups in total. The average molecular weight is 816 g/mol. The number of aromatic nitrogens is 2. The number of Topliss-reactive ketones (excluding diaryl/α,β-unsaturated/α-hetero) is 1. The Kier molecular flexibility index (Phi) is 14.6. The van der Waals surface area contributed by atoms with Gasteiger partial charge in [-0.1, -0.05) is 32.9 Å². The van der Waals surface area contributed by atoms with Crippen LogP contribution in [-0.2, 0) is 49.5 Å². The number of carbonyl (C=O) groups excluding carboxylic acids is 3. The van der Waals surface area contributed by atoms with E-state index in [9.17, 15) is 24.6 Å². The number of aliphatic hydroxyl groups is 2. The molecule has 1 amide bonds. The highest BCUT2D eigenvalue weighted by Crippen LogP contribution is 2.40. The van der Waals surface area contributed by atoms with E-state index in [1.165, 1.54) is 27.2 Å². The number of esters is 1. The smallest absolute Gasteiger partial charge is 0.316 e. The summed E-state index contributed by atoms with van der Waals surface area (Å²) in [7, 11) is 3.72. The Balaban J connectivity index is 1.66. The van der Waals surface area contributed by atoms with Crippen LogP contribution < -0.4 is 0 Å². The predicted molar refractivity (Wildman–Crippen MR) is 211 cm³/mol. The maximum Gasteiger partial charge on any atom is 0.316 e. The summed E-state index contributed by atoms with van der Waals surface area (Å²) >= 11 is 0. The van der Waals surface area contributed by atoms with Gasteiger partial charge in [0.05, 0.1) is 42.8 Å². The van der Waals surface area contributed by atoms with Crippen LogP contribution in [0.5, 0.6) is 0 Å². The number of ketones is 1. The maximum atomic E-state index is 14.5. The number of pyridine rings is 1. The first-order valence-corrected chi connectivity index (χ1v) is 20.1. The number of nitrogens with zero attached hydrogens (tertiary/aromatic N) is 5. The van der Waals surface area contributed by atoms with Gasteiger partial charge in [0, 0.05) is 30.5 Å². The van der Waals surface area contributed by atoms with Gasteiger partial charge in [-0.15, -0.1) is 0 Å². The molecule has 2 aromatic heterocycles. The standard InChI is InChI=1S/C41H61N5O12/c1-12-31-41(9,51)36-23(4)32(43-26(7)47)21(2)16-40(8,54-18-28(17-52-36)45-55-19-27-13-14-30-37(44-27)42-20-53-30)35(24(5)33(48)25(6)38(50)57-31)58-39-34(49)29(46(10)11)15-22(3)56-39/h13-14,20-25,29,31,34-36,39,49,51H,12,15-19H2,1-11H3/b43-32?,45-28+/t21-,22-,23+,24+,25-,29+,31-,34-,35-,36+,39+,40-,41-/m1/s1. The van der Waals surface area contributed by atoms with Gasteiger partial charge >= 0.3 is 5.97 Å². The minimum Gasteiger partial charge on any atom is -0.459 e. The molecule has 3 aliphatic heterocycles. The van der Waals surface area contributed by atoms with Crippen LogP contribution in [0.25, 0.3) is 11.2 Å². The van der Waals surface area contributed by atoms with Gasteiger partial charge < -0.3 is 48.1 Å². The zero-order valence-corrected chi connectivity index (χ0v) is 35.5. The molecular weight excluding hydrogens is 754 g/mol. The highest BCUT2D eigenvalue weighted by Gasteiger charge is 2.53. The van der Waals surface area contributed by atoms with Crippen molar-refractivity contribution in [3.63, 3.8) is 0 Å². The van der Waals surface area contributed by atoms with Crippen molar-refractivity contribution in [1.82, 2.24) is 14.9 Å². The van der Waals surface area contributed by atoms with E-state index in [1.807, 2.05) is 32.8 Å². The summed E-state index contributed by atoms with van der Waals surface area (Å²) in [6.45, 7) is 14.6. The largest absolute Gasteiger partial charge is 0.459 e. The van der Waals surface area contributed by atoms with Crippen LogP contribution in [0.4, 0.5) is 0 Å². The van der Waals surface area contributed by atoms with Crippen molar-refractivity contribution in [3.8, 4) is 0 Å². The molecule has 3 fully saturated rings. The van der Waals surface area contributed by atoms with Gasteiger partial charge in [0.15, 0.2) is 36.3 Å². The van der Waals surface area contributed by atoms with Crippen LogP contribution in [0.2, 0.25) is 0 Å². The van der Waals surface area contributed by atoms with Crippen molar-refractivity contribution < 1.29 is 57.5 Å². The normalized spacial score (nSPS) is 38.6. The topological polar surface area (TPSA) is 214 Å². The van der Waals surface area contributed by atoms with E-state index in [0.29, 0.717) is 29.1 Å². The third-order valence-electron chi connectivity index (χ3n) is 11.8. The lowest BCUT2D eigenvalue weighted by molar-refractivity contribution is -0.296. The second-order valence-electron chi connectivity index (χ2n) is 16.8. The first kappa shape index (κ1) is 45.4. The van der Waals surface area contributed by atoms with E-state index in [1.54, 1.807) is 39.8 Å². The van der Waals surface area contributed by atoms with E-state index in [4.69, 9.17) is 32.9 Å². The molecule has 58 heavy (non-hydrogen) atoms. The molecule has 322 valence electrons. The Labute approximate surface area is 339 Å². The number of ether oxygens (including phenoxy) is 5. The summed E-state index contributed by atoms with van der Waals surface area (Å²) in [5, 5.41) is 28.5. The summed E-state index contributed by atoms with van der Waals surface area (Å²) in [5.41, 5.74) is -1.15. The molecule has 5 rings (SSSR count). The Morgan fingerprint density at radius 3 is 2.48 bits per heavy atom. The number of likely N-dealkylation sites (N-methyl/N-ethyl adjacent to an activating group) is 1. The number of cyclic esters (lactones) is 1. The summed E-state index contributed by atoms with van der Waals surface area (Å²) in [5.74, 6) is -5.37. The fourth-order valence-electron chi connectivity index (χ4n) is 8.67. The van der Waals surface area contributed by atoms with Crippen molar-refractivity contribution in [2.24, 2.45) is 33.8 Å². The zero-order chi connectivity index (χ0) is 42.7. The number of aliphatic imine (C=N–C) groups is 1. The van der Waals surface area contributed by atoms with E-state index in [2.05, 4.69) is 20.1 Å². The first-order chi connectivity index (χ1) is 27.3. The van der Waals surface area contributed by atoms with Gasteiger partial charge in [0.25, 0.3) is 0 Å². The minimum absolute atomic E-state index is 0.0429. The third kappa shape index (κ3) is 10.00. The molecular formula is C41H61N5O12. The van der Waals surface area contributed by atoms with Crippen LogP contribution in [0.3, 0.4) is 0 Å². The number of hydrogen-bond acceptors (Lipinski definition) is 16. The zero-order valence-electron chi connectivity index (χ0n) is 35.5. The maximum absolute atomic E-state index is 14.5. The van der Waals surface area contributed by atoms with Crippen molar-refractivity contribution in [2.75, 3.05) is 27.3 Å². The number of hydrogen-bond donors (Lipinski definition) is 2. The van der Waals surface area contributed by atoms with E-state index in [0.717, 1.165) is 0 Å². The van der Waals surface area contributed by atoms with Crippen LogP contribution in [-0.4, -0.2) is 136 Å². The van der Waals surface area contributed by atoms with Gasteiger partial charge in [-0.3, -0.25) is 14.4 Å². The Hall–Kier alpha value is -3.71. The lowest BCUT2D eigenvalue weighted by atomic mass is 9.73. The van der Waals surface area contributed by atoms with E-state index >= 15 is 0 Å². The summed E-state index contributed by atoms with van der Waals surface area (Å²) in [6.07, 6.45) is -3.88. The Morgan fingerprint density at radius 1 is 1.09 bits per heavy atom. The lowest BCUT2D eigenvalue weighted by Crippen LogP contribution is -2.60. The fraction of sp³-hybridized carbons (Fsp3) is 0.732. The molecule has 0 aromatic carbocycles. The number of oxazole rings is 1. The van der Waals surface area contributed by atoms with Crippen molar-refractivity contribution in [1.29, 1.82) is 0 Å². The van der Waals surface area contributed by atoms with Gasteiger partial charge in [0.1, 0.15) is 29.4 Å². The van der Waals surface area contributed by atoms with Crippen LogP contribution in [0, 0.1) is 23.7 Å². The van der Waals surface area contributed by atoms with Gasteiger partial charge in [-0.25, -0.2) is 9.98 Å². The molecule has 2 aromatic rings. The number of rotatable bonds is 7. The van der Waals surface area contributed by atoms with E-state index in [-0.39, 0.29) is 50.5 Å². The van der Waals surface area contributed by atoms with Crippen LogP contribution in [0.1, 0.15) is 87.3 Å². The molecule has 13 atom stereocenters. The quantitative estimate of drug-likeness (QED) is 0.232. The first-order valence-electron chi connectivity index (χ1n) is 20.1. The molecule has 17 nitrogen and oxygen atoms in total. The van der Waals surface area contributed by atoms with Gasteiger partial charge in [-0.05, 0) is 79.1 Å². The SMILES string of the molecule is CC[C@H]1OC(=O)[C@H](C)C(=O)[C@H](C)[C@@H](O[C@@H]2O[C@H](C)C[C@H](N(C)C)[C@H]2O)[C@@]2(C)C[C@@H](C)C(=NC(C)=O)[C@H](C)[C@H](OC/C(=N\OCc3ccc4ocnc4n3)CO2)[C@]1(C)O. The highest BCUT2D eigenvalue weighted by atomic mass is 16.7. The Morgan fingerprint density at radius 2 is 1.81 bits per heavy atom. The monoisotopic (exact) mass is 815 g/mol. The van der Waals surface area contributed by atoms with Crippen molar-refractivity contribution in [2.45, 2.75) is 142 Å². The molecule has 0 spiro atoms. The van der Waals surface area contributed by atoms with Crippen LogP contribution in [0.15, 0.2) is 33.1 Å². The summed E-state index contributed by atoms with van der Waals surface area (Å²) < 4.78 is 37.7. The molecule has 3 aliphatic rings. The summed E-state index contributed by atoms with van der Waals surface area (Å²) in [4.78, 5) is 61.9. The van der Waals surface area contributed by atoms with Crippen LogP contribution >= 0.6 is 0 Å². The molecule has 3 saturated heterocycles. The van der Waals surface area contributed by atoms with E-state index < -0.39 is 83.2 Å². The average Bonchev–Trinajstić information content (AvgIpc) is 3.63. The number of carbonyl (C=O) groups is 3. The number of fused-ring (bicyclic) bond motifs is 6. The van der Waals surface area contributed by atoms with Gasteiger partial charge in [-0.2, -0.15) is 4.98 Å². The number of amides is 1. The number of aliphatic hydroxyl groups excluding tert-OH is 1. The molecule has 17 heteroatoms. The molecule has 0 saturated carbocycles. The third-order valence-corrected chi connectivity index (χ3v) is 11.8. The van der Waals surface area contributed by atoms with Crippen molar-refractivity contribution in [3.05, 3.63) is 24.2 Å². The predicted octanol–water partition coefficient (Wildman–Crippen LogP) is 3.66.